The predicted molar refractivity (Wildman–Crippen MR) is 74.2 cm³/mol. The number of carbonyl (C=O) groups is 2. The Balaban J connectivity index is 2.43. The van der Waals surface area contributed by atoms with Gasteiger partial charge in [0.25, 0.3) is 0 Å². The topological polar surface area (TPSA) is 66.4 Å². The van der Waals surface area contributed by atoms with E-state index in [-0.39, 0.29) is 11.5 Å². The highest BCUT2D eigenvalue weighted by molar-refractivity contribution is 5.92. The van der Waals surface area contributed by atoms with Gasteiger partial charge in [0.1, 0.15) is 0 Å². The SMILES string of the molecule is CC/C=C(\C)C(=O)NCCc1ccc(C(=O)O)cc1. The van der Waals surface area contributed by atoms with Gasteiger partial charge >= 0.3 is 5.97 Å². The number of benzene rings is 1. The second-order valence-electron chi connectivity index (χ2n) is 4.30. The van der Waals surface area contributed by atoms with Crippen LogP contribution in [0.1, 0.15) is 36.2 Å². The Labute approximate surface area is 113 Å². The van der Waals surface area contributed by atoms with Crippen molar-refractivity contribution in [2.75, 3.05) is 6.54 Å². The molecule has 0 aliphatic carbocycles. The number of nitrogens with one attached hydrogen (secondary N) is 1. The molecule has 0 fully saturated rings. The molecule has 0 unspecified atom stereocenters. The summed E-state index contributed by atoms with van der Waals surface area (Å²) in [5.74, 6) is -0.982. The summed E-state index contributed by atoms with van der Waals surface area (Å²) in [5, 5.41) is 11.6. The predicted octanol–water partition coefficient (Wildman–Crippen LogP) is 2.40. The Kier molecular flexibility index (Phi) is 5.79. The van der Waals surface area contributed by atoms with Gasteiger partial charge in [-0.25, -0.2) is 4.79 Å². The zero-order chi connectivity index (χ0) is 14.3. The summed E-state index contributed by atoms with van der Waals surface area (Å²) in [4.78, 5) is 22.3. The van der Waals surface area contributed by atoms with E-state index >= 15 is 0 Å². The van der Waals surface area contributed by atoms with Crippen molar-refractivity contribution in [1.29, 1.82) is 0 Å². The van der Waals surface area contributed by atoms with Crippen molar-refractivity contribution in [3.63, 3.8) is 0 Å². The fourth-order valence-electron chi connectivity index (χ4n) is 1.67. The van der Waals surface area contributed by atoms with Crippen molar-refractivity contribution in [2.45, 2.75) is 26.7 Å². The molecule has 1 aromatic rings. The number of hydrogen-bond donors (Lipinski definition) is 2. The number of rotatable bonds is 6. The van der Waals surface area contributed by atoms with Crippen LogP contribution in [0.5, 0.6) is 0 Å². The van der Waals surface area contributed by atoms with Crippen molar-refractivity contribution in [3.05, 3.63) is 47.0 Å². The lowest BCUT2D eigenvalue weighted by Crippen LogP contribution is -2.26. The van der Waals surface area contributed by atoms with Crippen LogP contribution in [0, 0.1) is 0 Å². The van der Waals surface area contributed by atoms with E-state index in [0.717, 1.165) is 17.6 Å². The molecule has 0 saturated heterocycles. The molecule has 1 rings (SSSR count). The number of carboxylic acid groups (broad SMARTS) is 1. The van der Waals surface area contributed by atoms with E-state index in [4.69, 9.17) is 5.11 Å². The molecule has 4 heteroatoms. The van der Waals surface area contributed by atoms with Crippen LogP contribution in [0.15, 0.2) is 35.9 Å². The summed E-state index contributed by atoms with van der Waals surface area (Å²) >= 11 is 0. The van der Waals surface area contributed by atoms with E-state index in [1.54, 1.807) is 31.2 Å². The van der Waals surface area contributed by atoms with Crippen LogP contribution in [-0.2, 0) is 11.2 Å². The van der Waals surface area contributed by atoms with Gasteiger partial charge < -0.3 is 10.4 Å². The van der Waals surface area contributed by atoms with E-state index in [9.17, 15) is 9.59 Å². The average molecular weight is 261 g/mol. The first-order valence-corrected chi connectivity index (χ1v) is 6.31. The molecule has 4 nitrogen and oxygen atoms in total. The first kappa shape index (κ1) is 15.0. The van der Waals surface area contributed by atoms with Crippen LogP contribution < -0.4 is 5.32 Å². The quantitative estimate of drug-likeness (QED) is 0.773. The Bertz CT molecular complexity index is 475. The van der Waals surface area contributed by atoms with E-state index in [1.165, 1.54) is 0 Å². The third-order valence-corrected chi connectivity index (χ3v) is 2.77. The Hall–Kier alpha value is -2.10. The molecular formula is C15H19NO3. The lowest BCUT2D eigenvalue weighted by atomic mass is 10.1. The Morgan fingerprint density at radius 2 is 1.89 bits per heavy atom. The van der Waals surface area contributed by atoms with Gasteiger partial charge in [0.2, 0.25) is 5.91 Å². The van der Waals surface area contributed by atoms with Gasteiger partial charge in [-0.15, -0.1) is 0 Å². The largest absolute Gasteiger partial charge is 0.478 e. The van der Waals surface area contributed by atoms with E-state index < -0.39 is 5.97 Å². The fraction of sp³-hybridized carbons (Fsp3) is 0.333. The molecule has 0 aliphatic rings. The lowest BCUT2D eigenvalue weighted by molar-refractivity contribution is -0.117. The number of aromatic carboxylic acids is 1. The average Bonchev–Trinajstić information content (AvgIpc) is 2.39. The van der Waals surface area contributed by atoms with Crippen molar-refractivity contribution in [1.82, 2.24) is 5.32 Å². The molecule has 0 spiro atoms. The minimum absolute atomic E-state index is 0.0518. The monoisotopic (exact) mass is 261 g/mol. The number of carbonyl (C=O) groups excluding carboxylic acids is 1. The number of allylic oxidation sites excluding steroid dienone is 1. The summed E-state index contributed by atoms with van der Waals surface area (Å²) in [5.41, 5.74) is 2.00. The van der Waals surface area contributed by atoms with Gasteiger partial charge in [-0.2, -0.15) is 0 Å². The Morgan fingerprint density at radius 1 is 1.26 bits per heavy atom. The molecule has 1 aromatic carbocycles. The molecular weight excluding hydrogens is 242 g/mol. The second-order valence-corrected chi connectivity index (χ2v) is 4.30. The van der Waals surface area contributed by atoms with Gasteiger partial charge in [-0.3, -0.25) is 4.79 Å². The van der Waals surface area contributed by atoms with Gasteiger partial charge in [0.15, 0.2) is 0 Å². The van der Waals surface area contributed by atoms with Crippen molar-refractivity contribution in [3.8, 4) is 0 Å². The summed E-state index contributed by atoms with van der Waals surface area (Å²) < 4.78 is 0. The first-order valence-electron chi connectivity index (χ1n) is 6.31. The van der Waals surface area contributed by atoms with Crippen LogP contribution >= 0.6 is 0 Å². The first-order chi connectivity index (χ1) is 9.04. The summed E-state index contributed by atoms with van der Waals surface area (Å²) in [6.45, 7) is 4.32. The Morgan fingerprint density at radius 3 is 2.42 bits per heavy atom. The molecule has 0 aliphatic heterocycles. The maximum absolute atomic E-state index is 11.6. The van der Waals surface area contributed by atoms with Crippen LogP contribution in [0.4, 0.5) is 0 Å². The van der Waals surface area contributed by atoms with Gasteiger partial charge in [0, 0.05) is 12.1 Å². The standard InChI is InChI=1S/C15H19NO3/c1-3-4-11(2)14(17)16-10-9-12-5-7-13(8-6-12)15(18)19/h4-8H,3,9-10H2,1-2H3,(H,16,17)(H,18,19)/b11-4+. The normalized spacial score (nSPS) is 11.2. The molecule has 0 heterocycles. The van der Waals surface area contributed by atoms with E-state index in [1.807, 2.05) is 13.0 Å². The summed E-state index contributed by atoms with van der Waals surface area (Å²) in [6, 6.07) is 6.68. The molecule has 2 N–H and O–H groups in total. The highest BCUT2D eigenvalue weighted by Gasteiger charge is 2.04. The van der Waals surface area contributed by atoms with E-state index in [2.05, 4.69) is 5.32 Å². The summed E-state index contributed by atoms with van der Waals surface area (Å²) in [6.07, 6.45) is 3.41. The van der Waals surface area contributed by atoms with E-state index in [0.29, 0.717) is 13.0 Å². The van der Waals surface area contributed by atoms with Gasteiger partial charge in [0.05, 0.1) is 5.56 Å². The third kappa shape index (κ3) is 4.95. The van der Waals surface area contributed by atoms with Gasteiger partial charge in [-0.1, -0.05) is 25.1 Å². The number of hydrogen-bond acceptors (Lipinski definition) is 2. The van der Waals surface area contributed by atoms with Crippen molar-refractivity contribution >= 4 is 11.9 Å². The minimum Gasteiger partial charge on any atom is -0.478 e. The minimum atomic E-state index is -0.930. The summed E-state index contributed by atoms with van der Waals surface area (Å²) in [7, 11) is 0. The van der Waals surface area contributed by atoms with Crippen LogP contribution in [0.3, 0.4) is 0 Å². The van der Waals surface area contributed by atoms with Crippen LogP contribution in [0.2, 0.25) is 0 Å². The molecule has 0 saturated carbocycles. The molecule has 1 amide bonds. The maximum Gasteiger partial charge on any atom is 0.335 e. The smallest absolute Gasteiger partial charge is 0.335 e. The molecule has 0 bridgehead atoms. The molecule has 102 valence electrons. The molecule has 19 heavy (non-hydrogen) atoms. The lowest BCUT2D eigenvalue weighted by Gasteiger charge is -2.06. The van der Waals surface area contributed by atoms with Crippen LogP contribution in [0.25, 0.3) is 0 Å². The zero-order valence-corrected chi connectivity index (χ0v) is 11.3. The highest BCUT2D eigenvalue weighted by Crippen LogP contribution is 2.05. The fourth-order valence-corrected chi connectivity index (χ4v) is 1.67. The molecule has 0 radical (unpaired) electrons. The third-order valence-electron chi connectivity index (χ3n) is 2.77. The molecule has 0 atom stereocenters. The second kappa shape index (κ2) is 7.36. The number of amides is 1. The molecule has 0 aromatic heterocycles. The van der Waals surface area contributed by atoms with Gasteiger partial charge in [-0.05, 0) is 37.5 Å². The maximum atomic E-state index is 11.6. The van der Waals surface area contributed by atoms with Crippen molar-refractivity contribution < 1.29 is 14.7 Å². The highest BCUT2D eigenvalue weighted by atomic mass is 16.4. The van der Waals surface area contributed by atoms with Crippen molar-refractivity contribution in [2.24, 2.45) is 0 Å². The van der Waals surface area contributed by atoms with Crippen LogP contribution in [-0.4, -0.2) is 23.5 Å². The zero-order valence-electron chi connectivity index (χ0n) is 11.3. The number of carboxylic acids is 1.